The van der Waals surface area contributed by atoms with Crippen LogP contribution in [0.1, 0.15) is 11.1 Å². The maximum atomic E-state index is 5.09. The fourth-order valence-corrected chi connectivity index (χ4v) is 8.21. The van der Waals surface area contributed by atoms with E-state index in [-0.39, 0.29) is 0 Å². The Bertz CT molecular complexity index is 2960. The van der Waals surface area contributed by atoms with Gasteiger partial charge in [-0.1, -0.05) is 115 Å². The molecule has 0 fully saturated rings. The Morgan fingerprint density at radius 2 is 0.885 bits per heavy atom. The second-order valence-electron chi connectivity index (χ2n) is 13.9. The summed E-state index contributed by atoms with van der Waals surface area (Å²) in [6, 6.07) is 63.3. The first-order valence-electron chi connectivity index (χ1n) is 17.9. The van der Waals surface area contributed by atoms with Crippen LogP contribution in [0, 0.1) is 0 Å². The van der Waals surface area contributed by atoms with Crippen molar-refractivity contribution in [3.05, 3.63) is 187 Å². The molecule has 1 aliphatic carbocycles. The molecule has 0 amide bonds. The minimum absolute atomic E-state index is 0.711. The average Bonchev–Trinajstić information content (AvgIpc) is 3.71. The van der Waals surface area contributed by atoms with Crippen LogP contribution in [-0.4, -0.2) is 14.5 Å². The van der Waals surface area contributed by atoms with Gasteiger partial charge in [0.15, 0.2) is 5.82 Å². The Balaban J connectivity index is 1.09. The normalized spacial score (nSPS) is 12.2. The first kappa shape index (κ1) is 28.9. The van der Waals surface area contributed by atoms with Gasteiger partial charge in [0, 0.05) is 33.2 Å². The van der Waals surface area contributed by atoms with Gasteiger partial charge in [0.25, 0.3) is 0 Å². The van der Waals surface area contributed by atoms with Crippen molar-refractivity contribution < 1.29 is 0 Å². The quantitative estimate of drug-likeness (QED) is 0.188. The van der Waals surface area contributed by atoms with Crippen molar-refractivity contribution in [3.8, 4) is 50.7 Å². The van der Waals surface area contributed by atoms with Crippen LogP contribution >= 0.6 is 0 Å². The van der Waals surface area contributed by atoms with Gasteiger partial charge in [0.05, 0.1) is 22.4 Å². The summed E-state index contributed by atoms with van der Waals surface area (Å²) in [6.45, 7) is 0. The Morgan fingerprint density at radius 1 is 0.385 bits per heavy atom. The fraction of sp³-hybridized carbons (Fsp3) is 0.0204. The molecule has 0 unspecified atom stereocenters. The Morgan fingerprint density at radius 3 is 1.54 bits per heavy atom. The van der Waals surface area contributed by atoms with Crippen molar-refractivity contribution in [2.75, 3.05) is 0 Å². The highest BCUT2D eigenvalue weighted by atomic mass is 15.0. The maximum Gasteiger partial charge on any atom is 0.160 e. The monoisotopic (exact) mass is 661 g/mol. The van der Waals surface area contributed by atoms with Crippen molar-refractivity contribution in [2.24, 2.45) is 0 Å². The van der Waals surface area contributed by atoms with Gasteiger partial charge in [0.1, 0.15) is 0 Å². The van der Waals surface area contributed by atoms with Gasteiger partial charge >= 0.3 is 0 Å². The van der Waals surface area contributed by atoms with E-state index in [0.717, 1.165) is 40.2 Å². The molecule has 2 aromatic heterocycles. The van der Waals surface area contributed by atoms with Gasteiger partial charge in [0.2, 0.25) is 0 Å². The molecule has 3 heteroatoms. The summed E-state index contributed by atoms with van der Waals surface area (Å²) < 4.78 is 2.44. The predicted molar refractivity (Wildman–Crippen MR) is 216 cm³/mol. The van der Waals surface area contributed by atoms with Crippen LogP contribution in [0.15, 0.2) is 176 Å². The molecule has 8 aromatic carbocycles. The molecular weight excluding hydrogens is 631 g/mol. The highest BCUT2D eigenvalue weighted by molar-refractivity contribution is 6.15. The maximum absolute atomic E-state index is 5.09. The molecule has 3 nitrogen and oxygen atoms in total. The lowest BCUT2D eigenvalue weighted by Gasteiger charge is -2.12. The molecule has 0 spiro atoms. The number of aromatic nitrogens is 3. The van der Waals surface area contributed by atoms with Gasteiger partial charge in [-0.25, -0.2) is 9.97 Å². The number of hydrogen-bond donors (Lipinski definition) is 0. The smallest absolute Gasteiger partial charge is 0.160 e. The highest BCUT2D eigenvalue weighted by Crippen LogP contribution is 2.44. The molecule has 0 saturated heterocycles. The van der Waals surface area contributed by atoms with E-state index in [1.54, 1.807) is 0 Å². The number of rotatable bonds is 4. The lowest BCUT2D eigenvalue weighted by molar-refractivity contribution is 1.16. The summed E-state index contributed by atoms with van der Waals surface area (Å²) in [6.07, 6.45) is 0.937. The van der Waals surface area contributed by atoms with Gasteiger partial charge in [-0.3, -0.25) is 0 Å². The molecule has 11 rings (SSSR count). The molecule has 1 aliphatic rings. The lowest BCUT2D eigenvalue weighted by atomic mass is 9.99. The van der Waals surface area contributed by atoms with Gasteiger partial charge in [-0.15, -0.1) is 0 Å². The van der Waals surface area contributed by atoms with Gasteiger partial charge < -0.3 is 4.57 Å². The van der Waals surface area contributed by atoms with Crippen LogP contribution in [0.3, 0.4) is 0 Å². The molecule has 52 heavy (non-hydrogen) atoms. The summed E-state index contributed by atoms with van der Waals surface area (Å²) in [5.41, 5.74) is 14.0. The molecule has 0 bridgehead atoms. The van der Waals surface area contributed by atoms with Crippen LogP contribution in [0.5, 0.6) is 0 Å². The second kappa shape index (κ2) is 11.3. The zero-order chi connectivity index (χ0) is 34.2. The number of nitrogens with zero attached hydrogens (tertiary/aromatic N) is 3. The van der Waals surface area contributed by atoms with Crippen LogP contribution in [-0.2, 0) is 6.42 Å². The zero-order valence-corrected chi connectivity index (χ0v) is 28.3. The fourth-order valence-electron chi connectivity index (χ4n) is 8.21. The summed E-state index contributed by atoms with van der Waals surface area (Å²) in [7, 11) is 0. The summed E-state index contributed by atoms with van der Waals surface area (Å²) in [5.74, 6) is 0.711. The summed E-state index contributed by atoms with van der Waals surface area (Å²) >= 11 is 0. The summed E-state index contributed by atoms with van der Waals surface area (Å²) in [5, 5.41) is 7.61. The minimum atomic E-state index is 0.711. The largest absolute Gasteiger partial charge is 0.309 e. The molecule has 0 atom stereocenters. The van der Waals surface area contributed by atoms with E-state index in [1.807, 2.05) is 12.1 Å². The molecule has 242 valence electrons. The average molecular weight is 662 g/mol. The third-order valence-electron chi connectivity index (χ3n) is 10.7. The third-order valence-corrected chi connectivity index (χ3v) is 10.7. The minimum Gasteiger partial charge on any atom is -0.309 e. The molecular formula is C49H31N3. The van der Waals surface area contributed by atoms with Gasteiger partial charge in [-0.05, 0) is 111 Å². The van der Waals surface area contributed by atoms with Crippen LogP contribution < -0.4 is 0 Å². The lowest BCUT2D eigenvalue weighted by Crippen LogP contribution is -1.97. The van der Waals surface area contributed by atoms with Gasteiger partial charge in [-0.2, -0.15) is 0 Å². The van der Waals surface area contributed by atoms with E-state index < -0.39 is 0 Å². The topological polar surface area (TPSA) is 30.7 Å². The first-order chi connectivity index (χ1) is 25.7. The first-order valence-corrected chi connectivity index (χ1v) is 17.9. The van der Waals surface area contributed by atoms with Crippen molar-refractivity contribution in [3.63, 3.8) is 0 Å². The van der Waals surface area contributed by atoms with Crippen molar-refractivity contribution in [1.29, 1.82) is 0 Å². The van der Waals surface area contributed by atoms with E-state index in [4.69, 9.17) is 9.97 Å². The third kappa shape index (κ3) is 4.60. The molecule has 0 aliphatic heterocycles. The highest BCUT2D eigenvalue weighted by Gasteiger charge is 2.23. The van der Waals surface area contributed by atoms with E-state index >= 15 is 0 Å². The second-order valence-corrected chi connectivity index (χ2v) is 13.9. The molecule has 2 heterocycles. The zero-order valence-electron chi connectivity index (χ0n) is 28.3. The van der Waals surface area contributed by atoms with Crippen molar-refractivity contribution >= 4 is 43.4 Å². The van der Waals surface area contributed by atoms with Crippen molar-refractivity contribution in [1.82, 2.24) is 14.5 Å². The predicted octanol–water partition coefficient (Wildman–Crippen LogP) is 12.5. The van der Waals surface area contributed by atoms with E-state index in [1.165, 1.54) is 65.6 Å². The number of fused-ring (bicyclic) bond motifs is 8. The SMILES string of the molecule is c1ccc(-c2cc(-c3ccccc3)nc(-c3ccc(-n4c5cc6c(cc5c5cc7ccccc7cc54)-c4cc5ccccc5cc4C6)cc3)n2)cc1. The molecule has 0 saturated carbocycles. The summed E-state index contributed by atoms with van der Waals surface area (Å²) in [4.78, 5) is 10.2. The number of benzene rings is 8. The molecule has 0 radical (unpaired) electrons. The standard InChI is InChI=1S/C49H31N3/c1-3-11-31(12-4-1)45-30-46(32-13-5-2-6-14-32)51-49(50-45)33-19-21-40(22-20-33)52-47-27-37-18-10-9-17-36(37)26-43(47)44-29-42-39(28-48(44)52)24-38-23-34-15-7-8-16-35(34)25-41(38)42/h1-23,25-30H,24H2. The van der Waals surface area contributed by atoms with Crippen LogP contribution in [0.2, 0.25) is 0 Å². The van der Waals surface area contributed by atoms with Crippen LogP contribution in [0.25, 0.3) is 94.1 Å². The molecule has 0 N–H and O–H groups in total. The Kier molecular flexibility index (Phi) is 6.31. The number of hydrogen-bond acceptors (Lipinski definition) is 2. The van der Waals surface area contributed by atoms with Crippen LogP contribution in [0.4, 0.5) is 0 Å². The van der Waals surface area contributed by atoms with Crippen molar-refractivity contribution in [2.45, 2.75) is 6.42 Å². The Hall–Kier alpha value is -6.84. The van der Waals surface area contributed by atoms with E-state index in [0.29, 0.717) is 5.82 Å². The Labute approximate surface area is 301 Å². The van der Waals surface area contributed by atoms with E-state index in [9.17, 15) is 0 Å². The van der Waals surface area contributed by atoms with E-state index in [2.05, 4.69) is 168 Å². The molecule has 10 aromatic rings.